The first-order valence-electron chi connectivity index (χ1n) is 4.34. The van der Waals surface area contributed by atoms with Crippen molar-refractivity contribution in [2.24, 2.45) is 5.73 Å². The average molecular weight is 191 g/mol. The van der Waals surface area contributed by atoms with Crippen LogP contribution >= 0.6 is 0 Å². The Morgan fingerprint density at radius 1 is 1.43 bits per heavy atom. The Kier molecular flexibility index (Phi) is 2.13. The van der Waals surface area contributed by atoms with E-state index in [4.69, 9.17) is 5.73 Å². The van der Waals surface area contributed by atoms with Gasteiger partial charge in [-0.05, 0) is 25.1 Å². The van der Waals surface area contributed by atoms with Crippen molar-refractivity contribution in [2.75, 3.05) is 0 Å². The van der Waals surface area contributed by atoms with Crippen LogP contribution in [0.2, 0.25) is 0 Å². The minimum absolute atomic E-state index is 0.204. The van der Waals surface area contributed by atoms with E-state index in [1.54, 1.807) is 12.3 Å². The molecule has 2 N–H and O–H groups in total. The Balaban J connectivity index is 2.62. The van der Waals surface area contributed by atoms with Gasteiger partial charge in [0.2, 0.25) is 0 Å². The molecule has 1 aromatic carbocycles. The van der Waals surface area contributed by atoms with Crippen LogP contribution in [0, 0.1) is 5.82 Å². The molecule has 0 amide bonds. The van der Waals surface area contributed by atoms with E-state index in [1.807, 2.05) is 6.92 Å². The number of aromatic nitrogens is 2. The largest absolute Gasteiger partial charge is 0.322 e. The van der Waals surface area contributed by atoms with Crippen LogP contribution in [0.15, 0.2) is 24.4 Å². The summed E-state index contributed by atoms with van der Waals surface area (Å²) in [5, 5.41) is 0.689. The van der Waals surface area contributed by atoms with Crippen LogP contribution in [0.5, 0.6) is 0 Å². The Labute approximate surface area is 80.8 Å². The number of rotatable bonds is 1. The first kappa shape index (κ1) is 9.02. The summed E-state index contributed by atoms with van der Waals surface area (Å²) in [4.78, 5) is 8.26. The van der Waals surface area contributed by atoms with Crippen molar-refractivity contribution >= 4 is 10.9 Å². The quantitative estimate of drug-likeness (QED) is 0.747. The predicted molar refractivity (Wildman–Crippen MR) is 52.1 cm³/mol. The molecule has 3 nitrogen and oxygen atoms in total. The summed E-state index contributed by atoms with van der Waals surface area (Å²) in [6.07, 6.45) is 1.59. The van der Waals surface area contributed by atoms with Gasteiger partial charge in [0, 0.05) is 11.6 Å². The van der Waals surface area contributed by atoms with Crippen molar-refractivity contribution < 1.29 is 4.39 Å². The highest BCUT2D eigenvalue weighted by Gasteiger charge is 2.04. The number of fused-ring (bicyclic) bond motifs is 1. The summed E-state index contributed by atoms with van der Waals surface area (Å²) >= 11 is 0. The molecular formula is C10H10FN3. The van der Waals surface area contributed by atoms with Gasteiger partial charge < -0.3 is 5.73 Å². The smallest absolute Gasteiger partial charge is 0.145 e. The first-order chi connectivity index (χ1) is 6.66. The van der Waals surface area contributed by atoms with Gasteiger partial charge in [0.15, 0.2) is 0 Å². The maximum atomic E-state index is 12.8. The van der Waals surface area contributed by atoms with E-state index >= 15 is 0 Å². The molecule has 0 saturated heterocycles. The number of nitrogens with zero attached hydrogens (tertiary/aromatic N) is 2. The molecule has 1 aromatic heterocycles. The molecule has 0 aliphatic carbocycles. The van der Waals surface area contributed by atoms with E-state index in [0.29, 0.717) is 16.7 Å². The van der Waals surface area contributed by atoms with Crippen molar-refractivity contribution in [3.05, 3.63) is 36.0 Å². The second kappa shape index (κ2) is 3.31. The summed E-state index contributed by atoms with van der Waals surface area (Å²) in [6, 6.07) is 4.20. The lowest BCUT2D eigenvalue weighted by atomic mass is 10.2. The van der Waals surface area contributed by atoms with Crippen LogP contribution in [0.4, 0.5) is 4.39 Å². The number of hydrogen-bond acceptors (Lipinski definition) is 3. The molecule has 0 aliphatic heterocycles. The predicted octanol–water partition coefficient (Wildman–Crippen LogP) is 1.79. The molecule has 0 saturated carbocycles. The van der Waals surface area contributed by atoms with Gasteiger partial charge in [0.1, 0.15) is 11.6 Å². The number of halogens is 1. The van der Waals surface area contributed by atoms with Gasteiger partial charge in [0.25, 0.3) is 0 Å². The highest BCUT2D eigenvalue weighted by Crippen LogP contribution is 2.14. The molecule has 1 heterocycles. The highest BCUT2D eigenvalue weighted by molar-refractivity contribution is 5.77. The molecule has 0 bridgehead atoms. The molecule has 0 fully saturated rings. The lowest BCUT2D eigenvalue weighted by Gasteiger charge is -2.04. The van der Waals surface area contributed by atoms with Crippen molar-refractivity contribution in [3.8, 4) is 0 Å². The fourth-order valence-electron chi connectivity index (χ4n) is 1.24. The fourth-order valence-corrected chi connectivity index (χ4v) is 1.24. The van der Waals surface area contributed by atoms with Crippen molar-refractivity contribution in [1.82, 2.24) is 9.97 Å². The highest BCUT2D eigenvalue weighted by atomic mass is 19.1. The van der Waals surface area contributed by atoms with Gasteiger partial charge in [-0.1, -0.05) is 0 Å². The van der Waals surface area contributed by atoms with E-state index in [0.717, 1.165) is 0 Å². The third kappa shape index (κ3) is 1.56. The number of nitrogens with two attached hydrogens (primary N) is 1. The molecule has 2 rings (SSSR count). The normalized spacial score (nSPS) is 13.1. The van der Waals surface area contributed by atoms with Gasteiger partial charge in [-0.3, -0.25) is 0 Å². The maximum absolute atomic E-state index is 12.8. The second-order valence-corrected chi connectivity index (χ2v) is 3.22. The molecule has 4 heteroatoms. The molecule has 14 heavy (non-hydrogen) atoms. The zero-order valence-electron chi connectivity index (χ0n) is 7.74. The summed E-state index contributed by atoms with van der Waals surface area (Å²) < 4.78 is 12.8. The lowest BCUT2D eigenvalue weighted by Crippen LogP contribution is -2.09. The van der Waals surface area contributed by atoms with E-state index in [1.165, 1.54) is 12.1 Å². The van der Waals surface area contributed by atoms with Crippen LogP contribution in [-0.2, 0) is 0 Å². The number of hydrogen-bond donors (Lipinski definition) is 1. The Morgan fingerprint density at radius 3 is 2.93 bits per heavy atom. The molecule has 1 atom stereocenters. The van der Waals surface area contributed by atoms with Gasteiger partial charge >= 0.3 is 0 Å². The van der Waals surface area contributed by atoms with E-state index < -0.39 is 0 Å². The fraction of sp³-hybridized carbons (Fsp3) is 0.200. The van der Waals surface area contributed by atoms with Gasteiger partial charge in [-0.15, -0.1) is 0 Å². The summed E-state index contributed by atoms with van der Waals surface area (Å²) in [7, 11) is 0. The molecular weight excluding hydrogens is 181 g/mol. The van der Waals surface area contributed by atoms with Crippen LogP contribution < -0.4 is 5.73 Å². The number of benzene rings is 1. The third-order valence-corrected chi connectivity index (χ3v) is 1.97. The third-order valence-electron chi connectivity index (χ3n) is 1.97. The summed E-state index contributed by atoms with van der Waals surface area (Å²) in [6.45, 7) is 1.81. The SMILES string of the molecule is CC(N)c1ncc2cc(F)ccc2n1. The monoisotopic (exact) mass is 191 g/mol. The van der Waals surface area contributed by atoms with E-state index in [-0.39, 0.29) is 11.9 Å². The lowest BCUT2D eigenvalue weighted by molar-refractivity contribution is 0.629. The standard InChI is InChI=1S/C10H10FN3/c1-6(12)10-13-5-7-4-8(11)2-3-9(7)14-10/h2-6H,12H2,1H3. The minimum Gasteiger partial charge on any atom is -0.322 e. The summed E-state index contributed by atoms with van der Waals surface area (Å²) in [5.41, 5.74) is 6.35. The topological polar surface area (TPSA) is 51.8 Å². The molecule has 72 valence electrons. The van der Waals surface area contributed by atoms with Gasteiger partial charge in [-0.25, -0.2) is 14.4 Å². The Morgan fingerprint density at radius 2 is 2.21 bits per heavy atom. The van der Waals surface area contributed by atoms with Crippen LogP contribution in [0.3, 0.4) is 0 Å². The van der Waals surface area contributed by atoms with Crippen LogP contribution in [0.1, 0.15) is 18.8 Å². The second-order valence-electron chi connectivity index (χ2n) is 3.22. The van der Waals surface area contributed by atoms with E-state index in [9.17, 15) is 4.39 Å². The first-order valence-corrected chi connectivity index (χ1v) is 4.34. The van der Waals surface area contributed by atoms with Crippen LogP contribution in [0.25, 0.3) is 10.9 Å². The molecule has 2 aromatic rings. The summed E-state index contributed by atoms with van der Waals surface area (Å²) in [5.74, 6) is 0.291. The Hall–Kier alpha value is -1.55. The maximum Gasteiger partial charge on any atom is 0.145 e. The Bertz CT molecular complexity index is 468. The van der Waals surface area contributed by atoms with Crippen molar-refractivity contribution in [3.63, 3.8) is 0 Å². The minimum atomic E-state index is -0.283. The van der Waals surface area contributed by atoms with Crippen molar-refractivity contribution in [1.29, 1.82) is 0 Å². The molecule has 1 unspecified atom stereocenters. The van der Waals surface area contributed by atoms with Crippen LogP contribution in [-0.4, -0.2) is 9.97 Å². The zero-order chi connectivity index (χ0) is 10.1. The molecule has 0 aliphatic rings. The van der Waals surface area contributed by atoms with Gasteiger partial charge in [-0.2, -0.15) is 0 Å². The van der Waals surface area contributed by atoms with E-state index in [2.05, 4.69) is 9.97 Å². The van der Waals surface area contributed by atoms with Gasteiger partial charge in [0.05, 0.1) is 11.6 Å². The average Bonchev–Trinajstić information content (AvgIpc) is 2.16. The van der Waals surface area contributed by atoms with Crippen molar-refractivity contribution in [2.45, 2.75) is 13.0 Å². The molecule has 0 spiro atoms. The molecule has 0 radical (unpaired) electrons. The zero-order valence-corrected chi connectivity index (χ0v) is 7.74.